The zero-order chi connectivity index (χ0) is 13.0. The predicted octanol–water partition coefficient (Wildman–Crippen LogP) is 4.04. The van der Waals surface area contributed by atoms with E-state index in [0.717, 1.165) is 5.56 Å². The van der Waals surface area contributed by atoms with Gasteiger partial charge in [-0.2, -0.15) is 0 Å². The van der Waals surface area contributed by atoms with Gasteiger partial charge in [-0.25, -0.2) is 0 Å². The van der Waals surface area contributed by atoms with Gasteiger partial charge in [0.05, 0.1) is 10.6 Å². The number of aldehydes is 1. The van der Waals surface area contributed by atoms with E-state index in [0.29, 0.717) is 29.2 Å². The molecule has 0 aliphatic rings. The fraction of sp³-hybridized carbons (Fsp3) is 0.133. The maximum absolute atomic E-state index is 10.9. The van der Waals surface area contributed by atoms with Crippen molar-refractivity contribution < 1.29 is 9.53 Å². The molecule has 18 heavy (non-hydrogen) atoms. The largest absolute Gasteiger partial charge is 0.488 e. The molecule has 0 saturated carbocycles. The van der Waals surface area contributed by atoms with Gasteiger partial charge in [0.1, 0.15) is 12.4 Å². The number of benzene rings is 2. The van der Waals surface area contributed by atoms with E-state index in [1.165, 1.54) is 5.56 Å². The van der Waals surface area contributed by atoms with Gasteiger partial charge in [0, 0.05) is 0 Å². The van der Waals surface area contributed by atoms with Crippen LogP contribution in [0.2, 0.25) is 5.02 Å². The molecule has 92 valence electrons. The Morgan fingerprint density at radius 1 is 1.17 bits per heavy atom. The van der Waals surface area contributed by atoms with Crippen LogP contribution in [0.3, 0.4) is 0 Å². The van der Waals surface area contributed by atoms with Crippen molar-refractivity contribution in [3.8, 4) is 5.75 Å². The molecule has 0 aliphatic carbocycles. The second-order valence-electron chi connectivity index (χ2n) is 4.04. The molecular formula is C15H13ClO2. The molecule has 2 aromatic rings. The topological polar surface area (TPSA) is 26.3 Å². The van der Waals surface area contributed by atoms with Crippen molar-refractivity contribution >= 4 is 17.9 Å². The summed E-state index contributed by atoms with van der Waals surface area (Å²) in [5.74, 6) is 0.512. The van der Waals surface area contributed by atoms with Gasteiger partial charge in [0.15, 0.2) is 6.29 Å². The molecule has 0 N–H and O–H groups in total. The maximum atomic E-state index is 10.9. The maximum Gasteiger partial charge on any atom is 0.155 e. The van der Waals surface area contributed by atoms with Crippen molar-refractivity contribution in [1.29, 1.82) is 0 Å². The first-order valence-electron chi connectivity index (χ1n) is 5.63. The Morgan fingerprint density at radius 3 is 2.56 bits per heavy atom. The third kappa shape index (κ3) is 2.90. The SMILES string of the molecule is Cc1ccc(COc2cccc(Cl)c2C=O)cc1. The summed E-state index contributed by atoms with van der Waals surface area (Å²) in [4.78, 5) is 10.9. The lowest BCUT2D eigenvalue weighted by Gasteiger charge is -2.09. The number of aryl methyl sites for hydroxylation is 1. The summed E-state index contributed by atoms with van der Waals surface area (Å²) in [6.07, 6.45) is 0.715. The summed E-state index contributed by atoms with van der Waals surface area (Å²) >= 11 is 5.92. The number of ether oxygens (including phenoxy) is 1. The van der Waals surface area contributed by atoms with Gasteiger partial charge in [0.2, 0.25) is 0 Å². The average Bonchev–Trinajstić information content (AvgIpc) is 2.38. The molecule has 0 amide bonds. The van der Waals surface area contributed by atoms with Crippen LogP contribution >= 0.6 is 11.6 Å². The Kier molecular flexibility index (Phi) is 4.00. The Bertz CT molecular complexity index is 547. The summed E-state index contributed by atoms with van der Waals surface area (Å²) in [5.41, 5.74) is 2.65. The standard InChI is InChI=1S/C15H13ClO2/c1-11-5-7-12(8-6-11)10-18-15-4-2-3-14(16)13(15)9-17/h2-9H,10H2,1H3. The van der Waals surface area contributed by atoms with Gasteiger partial charge in [-0.05, 0) is 24.6 Å². The van der Waals surface area contributed by atoms with Gasteiger partial charge >= 0.3 is 0 Å². The quantitative estimate of drug-likeness (QED) is 0.776. The van der Waals surface area contributed by atoms with Crippen molar-refractivity contribution in [2.45, 2.75) is 13.5 Å². The molecule has 0 fully saturated rings. The third-order valence-corrected chi connectivity index (χ3v) is 2.98. The molecule has 2 nitrogen and oxygen atoms in total. The molecular weight excluding hydrogens is 248 g/mol. The summed E-state index contributed by atoms with van der Waals surface area (Å²) in [6, 6.07) is 13.2. The van der Waals surface area contributed by atoms with Gasteiger partial charge < -0.3 is 4.74 Å². The molecule has 2 aromatic carbocycles. The molecule has 0 aromatic heterocycles. The number of hydrogen-bond donors (Lipinski definition) is 0. The fourth-order valence-electron chi connectivity index (χ4n) is 1.60. The molecule has 0 saturated heterocycles. The van der Waals surface area contributed by atoms with Crippen LogP contribution in [0.15, 0.2) is 42.5 Å². The van der Waals surface area contributed by atoms with Crippen molar-refractivity contribution in [3.63, 3.8) is 0 Å². The van der Waals surface area contributed by atoms with Crippen LogP contribution in [0.25, 0.3) is 0 Å². The summed E-state index contributed by atoms with van der Waals surface area (Å²) in [6.45, 7) is 2.45. The first kappa shape index (κ1) is 12.7. The number of halogens is 1. The zero-order valence-corrected chi connectivity index (χ0v) is 10.8. The van der Waals surface area contributed by atoms with E-state index in [1.807, 2.05) is 31.2 Å². The first-order valence-corrected chi connectivity index (χ1v) is 6.00. The average molecular weight is 261 g/mol. The minimum absolute atomic E-state index is 0.395. The van der Waals surface area contributed by atoms with Crippen LogP contribution < -0.4 is 4.74 Å². The molecule has 0 radical (unpaired) electrons. The zero-order valence-electron chi connectivity index (χ0n) is 10.0. The molecule has 0 heterocycles. The summed E-state index contributed by atoms with van der Waals surface area (Å²) < 4.78 is 5.62. The lowest BCUT2D eigenvalue weighted by Crippen LogP contribution is -1.98. The highest BCUT2D eigenvalue weighted by atomic mass is 35.5. The van der Waals surface area contributed by atoms with E-state index < -0.39 is 0 Å². The van der Waals surface area contributed by atoms with Crippen LogP contribution in [0.4, 0.5) is 0 Å². The minimum atomic E-state index is 0.395. The van der Waals surface area contributed by atoms with Crippen LogP contribution in [-0.4, -0.2) is 6.29 Å². The van der Waals surface area contributed by atoms with E-state index in [9.17, 15) is 4.79 Å². The summed E-state index contributed by atoms with van der Waals surface area (Å²) in [7, 11) is 0. The second-order valence-corrected chi connectivity index (χ2v) is 4.45. The van der Waals surface area contributed by atoms with Gasteiger partial charge in [-0.1, -0.05) is 47.5 Å². The van der Waals surface area contributed by atoms with Gasteiger partial charge in [-0.3, -0.25) is 4.79 Å². The predicted molar refractivity (Wildman–Crippen MR) is 72.4 cm³/mol. The normalized spacial score (nSPS) is 10.1. The molecule has 0 spiro atoms. The minimum Gasteiger partial charge on any atom is -0.488 e. The number of carbonyl (C=O) groups is 1. The fourth-order valence-corrected chi connectivity index (χ4v) is 1.81. The highest BCUT2D eigenvalue weighted by molar-refractivity contribution is 6.33. The van der Waals surface area contributed by atoms with E-state index in [4.69, 9.17) is 16.3 Å². The van der Waals surface area contributed by atoms with Crippen LogP contribution in [0.5, 0.6) is 5.75 Å². The molecule has 0 atom stereocenters. The first-order chi connectivity index (χ1) is 8.70. The summed E-state index contributed by atoms with van der Waals surface area (Å²) in [5, 5.41) is 0.409. The van der Waals surface area contributed by atoms with E-state index in [-0.39, 0.29) is 0 Å². The number of rotatable bonds is 4. The molecule has 0 aliphatic heterocycles. The molecule has 0 unspecified atom stereocenters. The van der Waals surface area contributed by atoms with Crippen LogP contribution in [-0.2, 0) is 6.61 Å². The lowest BCUT2D eigenvalue weighted by molar-refractivity contribution is 0.111. The van der Waals surface area contributed by atoms with E-state index in [2.05, 4.69) is 0 Å². The van der Waals surface area contributed by atoms with Crippen molar-refractivity contribution in [3.05, 3.63) is 64.2 Å². The second kappa shape index (κ2) is 5.69. The van der Waals surface area contributed by atoms with Crippen molar-refractivity contribution in [2.24, 2.45) is 0 Å². The monoisotopic (exact) mass is 260 g/mol. The van der Waals surface area contributed by atoms with Gasteiger partial charge in [0.25, 0.3) is 0 Å². The van der Waals surface area contributed by atoms with E-state index in [1.54, 1.807) is 18.2 Å². The Balaban J connectivity index is 2.13. The van der Waals surface area contributed by atoms with E-state index >= 15 is 0 Å². The Morgan fingerprint density at radius 2 is 1.89 bits per heavy atom. The molecule has 3 heteroatoms. The highest BCUT2D eigenvalue weighted by Crippen LogP contribution is 2.25. The number of hydrogen-bond acceptors (Lipinski definition) is 2. The van der Waals surface area contributed by atoms with Gasteiger partial charge in [-0.15, -0.1) is 0 Å². The Hall–Kier alpha value is -1.80. The highest BCUT2D eigenvalue weighted by Gasteiger charge is 2.07. The van der Waals surface area contributed by atoms with Crippen molar-refractivity contribution in [1.82, 2.24) is 0 Å². The van der Waals surface area contributed by atoms with Crippen LogP contribution in [0, 0.1) is 6.92 Å². The smallest absolute Gasteiger partial charge is 0.155 e. The number of carbonyl (C=O) groups excluding carboxylic acids is 1. The molecule has 0 bridgehead atoms. The third-order valence-electron chi connectivity index (χ3n) is 2.65. The molecule has 2 rings (SSSR count). The Labute approximate surface area is 111 Å². The van der Waals surface area contributed by atoms with Crippen molar-refractivity contribution in [2.75, 3.05) is 0 Å². The van der Waals surface area contributed by atoms with Crippen LogP contribution in [0.1, 0.15) is 21.5 Å². The lowest BCUT2D eigenvalue weighted by atomic mass is 10.1.